The van der Waals surface area contributed by atoms with Crippen LogP contribution in [0.3, 0.4) is 0 Å². The maximum Gasteiger partial charge on any atom is 0.130 e. The van der Waals surface area contributed by atoms with E-state index in [1.54, 1.807) is 19.2 Å². The minimum atomic E-state index is -0.438. The Morgan fingerprint density at radius 3 is 2.67 bits per heavy atom. The summed E-state index contributed by atoms with van der Waals surface area (Å²) in [5.74, 6) is 4.98. The van der Waals surface area contributed by atoms with E-state index in [0.29, 0.717) is 5.69 Å². The van der Waals surface area contributed by atoms with Crippen LogP contribution >= 0.6 is 0 Å². The highest BCUT2D eigenvalue weighted by Crippen LogP contribution is 2.19. The molecular formula is C8H11FN2O. The van der Waals surface area contributed by atoms with Crippen molar-refractivity contribution >= 4 is 5.69 Å². The third-order valence-corrected chi connectivity index (χ3v) is 1.63. The quantitative estimate of drug-likeness (QED) is 0.505. The maximum atomic E-state index is 13.0. The van der Waals surface area contributed by atoms with Gasteiger partial charge in [0.2, 0.25) is 0 Å². The van der Waals surface area contributed by atoms with Crippen molar-refractivity contribution in [1.29, 1.82) is 0 Å². The van der Waals surface area contributed by atoms with Gasteiger partial charge in [-0.3, -0.25) is 0 Å². The zero-order chi connectivity index (χ0) is 9.14. The molecule has 12 heavy (non-hydrogen) atoms. The van der Waals surface area contributed by atoms with Crippen LogP contribution in [0.5, 0.6) is 0 Å². The lowest BCUT2D eigenvalue weighted by molar-refractivity contribution is 0.276. The maximum absolute atomic E-state index is 13.0. The largest absolute Gasteiger partial charge is 0.391 e. The Bertz CT molecular complexity index is 276. The van der Waals surface area contributed by atoms with Crippen molar-refractivity contribution in [2.24, 2.45) is 5.84 Å². The van der Waals surface area contributed by atoms with E-state index in [2.05, 4.69) is 0 Å². The Morgan fingerprint density at radius 2 is 2.25 bits per heavy atom. The van der Waals surface area contributed by atoms with Crippen LogP contribution in [0.1, 0.15) is 5.56 Å². The lowest BCUT2D eigenvalue weighted by Gasteiger charge is -2.15. The minimum Gasteiger partial charge on any atom is -0.391 e. The summed E-state index contributed by atoms with van der Waals surface area (Å²) < 4.78 is 13.0. The number of hydrazine groups is 1. The van der Waals surface area contributed by atoms with E-state index in [1.165, 1.54) is 11.1 Å². The number of hydrogen-bond donors (Lipinski definition) is 2. The molecule has 0 amide bonds. The van der Waals surface area contributed by atoms with Gasteiger partial charge in [-0.2, -0.15) is 0 Å². The number of benzene rings is 1. The van der Waals surface area contributed by atoms with Crippen LogP contribution in [0.25, 0.3) is 0 Å². The molecule has 0 aromatic heterocycles. The third kappa shape index (κ3) is 1.54. The fourth-order valence-corrected chi connectivity index (χ4v) is 1.03. The van der Waals surface area contributed by atoms with E-state index in [0.717, 1.165) is 0 Å². The molecule has 0 spiro atoms. The molecule has 0 unspecified atom stereocenters. The molecule has 0 aliphatic heterocycles. The van der Waals surface area contributed by atoms with Crippen molar-refractivity contribution in [3.05, 3.63) is 29.6 Å². The number of aliphatic hydroxyl groups is 1. The topological polar surface area (TPSA) is 49.5 Å². The molecule has 1 aromatic carbocycles. The first-order chi connectivity index (χ1) is 5.66. The Hall–Kier alpha value is -1.13. The molecule has 0 saturated heterocycles. The molecule has 1 rings (SSSR count). The van der Waals surface area contributed by atoms with E-state index in [4.69, 9.17) is 10.9 Å². The standard InChI is InChI=1S/C8H11FN2O/c1-11(10)8-4-2-3-7(9)6(8)5-12/h2-4,12H,5,10H2,1H3. The highest BCUT2D eigenvalue weighted by atomic mass is 19.1. The number of rotatable bonds is 2. The van der Waals surface area contributed by atoms with Crippen LogP contribution in [-0.2, 0) is 6.61 Å². The molecule has 3 N–H and O–H groups in total. The molecule has 0 bridgehead atoms. The molecule has 0 aliphatic carbocycles. The highest BCUT2D eigenvalue weighted by Gasteiger charge is 2.07. The highest BCUT2D eigenvalue weighted by molar-refractivity contribution is 5.52. The average molecular weight is 170 g/mol. The molecule has 4 heteroatoms. The summed E-state index contributed by atoms with van der Waals surface area (Å²) >= 11 is 0. The first kappa shape index (κ1) is 8.96. The smallest absolute Gasteiger partial charge is 0.130 e. The van der Waals surface area contributed by atoms with Gasteiger partial charge in [0.15, 0.2) is 0 Å². The molecule has 0 heterocycles. The number of halogens is 1. The first-order valence-corrected chi connectivity index (χ1v) is 3.53. The summed E-state index contributed by atoms with van der Waals surface area (Å²) in [4.78, 5) is 0. The van der Waals surface area contributed by atoms with Crippen LogP contribution < -0.4 is 10.9 Å². The molecule has 66 valence electrons. The monoisotopic (exact) mass is 170 g/mol. The van der Waals surface area contributed by atoms with E-state index < -0.39 is 5.82 Å². The van der Waals surface area contributed by atoms with Crippen molar-refractivity contribution < 1.29 is 9.50 Å². The fraction of sp³-hybridized carbons (Fsp3) is 0.250. The lowest BCUT2D eigenvalue weighted by Crippen LogP contribution is -2.26. The summed E-state index contributed by atoms with van der Waals surface area (Å²) in [6, 6.07) is 4.49. The molecule has 0 saturated carbocycles. The van der Waals surface area contributed by atoms with Gasteiger partial charge in [0.05, 0.1) is 12.3 Å². The number of nitrogens with zero attached hydrogens (tertiary/aromatic N) is 1. The molecule has 3 nitrogen and oxygen atoms in total. The van der Waals surface area contributed by atoms with Gasteiger partial charge in [0, 0.05) is 12.6 Å². The van der Waals surface area contributed by atoms with Crippen LogP contribution in [0.4, 0.5) is 10.1 Å². The van der Waals surface area contributed by atoms with E-state index >= 15 is 0 Å². The van der Waals surface area contributed by atoms with Crippen molar-refractivity contribution in [2.75, 3.05) is 12.1 Å². The molecule has 0 aliphatic rings. The summed E-state index contributed by atoms with van der Waals surface area (Å²) in [6.07, 6.45) is 0. The van der Waals surface area contributed by atoms with Gasteiger partial charge in [-0.15, -0.1) is 0 Å². The summed E-state index contributed by atoms with van der Waals surface area (Å²) in [7, 11) is 1.59. The molecular weight excluding hydrogens is 159 g/mol. The van der Waals surface area contributed by atoms with Crippen LogP contribution in [-0.4, -0.2) is 12.2 Å². The van der Waals surface area contributed by atoms with Gasteiger partial charge in [-0.25, -0.2) is 10.2 Å². The van der Waals surface area contributed by atoms with Gasteiger partial charge < -0.3 is 10.1 Å². The summed E-state index contributed by atoms with van der Waals surface area (Å²) in [5, 5.41) is 10.1. The molecule has 0 radical (unpaired) electrons. The number of aliphatic hydroxyl groups excluding tert-OH is 1. The second-order valence-corrected chi connectivity index (χ2v) is 2.51. The summed E-state index contributed by atoms with van der Waals surface area (Å²) in [6.45, 7) is -0.344. The first-order valence-electron chi connectivity index (χ1n) is 3.53. The molecule has 0 atom stereocenters. The van der Waals surface area contributed by atoms with Gasteiger partial charge in [0.1, 0.15) is 5.82 Å². The van der Waals surface area contributed by atoms with E-state index in [-0.39, 0.29) is 12.2 Å². The zero-order valence-electron chi connectivity index (χ0n) is 6.79. The van der Waals surface area contributed by atoms with Gasteiger partial charge in [-0.1, -0.05) is 6.07 Å². The van der Waals surface area contributed by atoms with Crippen LogP contribution in [0.2, 0.25) is 0 Å². The summed E-state index contributed by atoms with van der Waals surface area (Å²) in [5.41, 5.74) is 0.722. The van der Waals surface area contributed by atoms with Gasteiger partial charge in [-0.05, 0) is 12.1 Å². The normalized spacial score (nSPS) is 10.0. The number of anilines is 1. The minimum absolute atomic E-state index is 0.225. The zero-order valence-corrected chi connectivity index (χ0v) is 6.79. The Balaban J connectivity index is 3.18. The van der Waals surface area contributed by atoms with Gasteiger partial charge in [0.25, 0.3) is 0 Å². The van der Waals surface area contributed by atoms with Crippen molar-refractivity contribution in [3.63, 3.8) is 0 Å². The second kappa shape index (κ2) is 3.51. The fourth-order valence-electron chi connectivity index (χ4n) is 1.03. The Morgan fingerprint density at radius 1 is 1.58 bits per heavy atom. The average Bonchev–Trinajstić information content (AvgIpc) is 2.03. The lowest BCUT2D eigenvalue weighted by atomic mass is 10.2. The van der Waals surface area contributed by atoms with Crippen molar-refractivity contribution in [3.8, 4) is 0 Å². The number of hydrogen-bond acceptors (Lipinski definition) is 3. The second-order valence-electron chi connectivity index (χ2n) is 2.51. The van der Waals surface area contributed by atoms with E-state index in [9.17, 15) is 4.39 Å². The van der Waals surface area contributed by atoms with Gasteiger partial charge >= 0.3 is 0 Å². The van der Waals surface area contributed by atoms with Crippen LogP contribution in [0, 0.1) is 5.82 Å². The molecule has 1 aromatic rings. The molecule has 0 fully saturated rings. The van der Waals surface area contributed by atoms with Crippen molar-refractivity contribution in [2.45, 2.75) is 6.61 Å². The SMILES string of the molecule is CN(N)c1cccc(F)c1CO. The van der Waals surface area contributed by atoms with Crippen molar-refractivity contribution in [1.82, 2.24) is 0 Å². The number of nitrogens with two attached hydrogens (primary N) is 1. The Labute approximate surface area is 70.2 Å². The Kier molecular flexibility index (Phi) is 2.62. The third-order valence-electron chi connectivity index (χ3n) is 1.63. The predicted molar refractivity (Wildman–Crippen MR) is 44.9 cm³/mol. The van der Waals surface area contributed by atoms with E-state index in [1.807, 2.05) is 0 Å². The predicted octanol–water partition coefficient (Wildman–Crippen LogP) is 0.628. The van der Waals surface area contributed by atoms with Crippen LogP contribution in [0.15, 0.2) is 18.2 Å².